The topological polar surface area (TPSA) is 84.5 Å². The van der Waals surface area contributed by atoms with Crippen LogP contribution in [0.4, 0.5) is 15.1 Å². The highest BCUT2D eigenvalue weighted by Crippen LogP contribution is 2.44. The lowest BCUT2D eigenvalue weighted by Gasteiger charge is -2.33. The number of thioether (sulfide) groups is 1. The van der Waals surface area contributed by atoms with Crippen molar-refractivity contribution in [2.45, 2.75) is 64.0 Å². The SMILES string of the molecule is CCOC(=O)c1c(NC(=O)C(C)Sc2cccc(NC(=O)c3ccc(F)cc3)c2)sc2c1CCC(C(C)(C)C)C2. The Kier molecular flexibility index (Phi) is 9.36. The molecule has 1 aliphatic carbocycles. The molecule has 0 saturated heterocycles. The fraction of sp³-hybridized carbons (Fsp3) is 0.387. The van der Waals surface area contributed by atoms with E-state index >= 15 is 0 Å². The molecular weight excluding hydrogens is 547 g/mol. The van der Waals surface area contributed by atoms with Crippen molar-refractivity contribution in [3.63, 3.8) is 0 Å². The summed E-state index contributed by atoms with van der Waals surface area (Å²) in [5, 5.41) is 5.90. The molecule has 212 valence electrons. The minimum Gasteiger partial charge on any atom is -0.462 e. The van der Waals surface area contributed by atoms with Gasteiger partial charge in [0.15, 0.2) is 0 Å². The molecule has 2 aromatic carbocycles. The Labute approximate surface area is 243 Å². The van der Waals surface area contributed by atoms with Gasteiger partial charge in [0.2, 0.25) is 5.91 Å². The first-order valence-corrected chi connectivity index (χ1v) is 15.1. The fourth-order valence-corrected chi connectivity index (χ4v) is 7.00. The molecule has 1 aromatic heterocycles. The second-order valence-corrected chi connectivity index (χ2v) is 13.5. The van der Waals surface area contributed by atoms with Crippen molar-refractivity contribution in [3.8, 4) is 0 Å². The molecule has 0 spiro atoms. The molecule has 1 heterocycles. The Morgan fingerprint density at radius 2 is 1.85 bits per heavy atom. The highest BCUT2D eigenvalue weighted by atomic mass is 32.2. The molecule has 0 aliphatic heterocycles. The smallest absolute Gasteiger partial charge is 0.341 e. The first-order valence-electron chi connectivity index (χ1n) is 13.4. The van der Waals surface area contributed by atoms with Crippen LogP contribution in [0.3, 0.4) is 0 Å². The Bertz CT molecular complexity index is 1400. The van der Waals surface area contributed by atoms with E-state index in [0.29, 0.717) is 27.7 Å². The molecule has 0 fully saturated rings. The largest absolute Gasteiger partial charge is 0.462 e. The van der Waals surface area contributed by atoms with Gasteiger partial charge in [0.1, 0.15) is 10.8 Å². The van der Waals surface area contributed by atoms with Gasteiger partial charge in [-0.1, -0.05) is 26.8 Å². The van der Waals surface area contributed by atoms with Gasteiger partial charge in [0.05, 0.1) is 17.4 Å². The predicted molar refractivity (Wildman–Crippen MR) is 160 cm³/mol. The summed E-state index contributed by atoms with van der Waals surface area (Å²) in [7, 11) is 0. The molecule has 3 aromatic rings. The summed E-state index contributed by atoms with van der Waals surface area (Å²) in [4.78, 5) is 40.7. The van der Waals surface area contributed by atoms with Crippen molar-refractivity contribution >= 4 is 51.6 Å². The van der Waals surface area contributed by atoms with Crippen molar-refractivity contribution < 1.29 is 23.5 Å². The van der Waals surface area contributed by atoms with Gasteiger partial charge >= 0.3 is 5.97 Å². The lowest BCUT2D eigenvalue weighted by molar-refractivity contribution is -0.115. The number of halogens is 1. The summed E-state index contributed by atoms with van der Waals surface area (Å²) in [5.74, 6) is -0.873. The molecule has 2 atom stereocenters. The first kappa shape index (κ1) is 29.8. The van der Waals surface area contributed by atoms with Crippen LogP contribution in [0.15, 0.2) is 53.4 Å². The van der Waals surface area contributed by atoms with E-state index in [9.17, 15) is 18.8 Å². The molecule has 2 amide bonds. The number of fused-ring (bicyclic) bond motifs is 1. The Morgan fingerprint density at radius 1 is 1.12 bits per heavy atom. The van der Waals surface area contributed by atoms with E-state index in [0.717, 1.165) is 34.6 Å². The second kappa shape index (κ2) is 12.6. The Morgan fingerprint density at radius 3 is 2.52 bits per heavy atom. The molecular formula is C31H35FN2O4S2. The lowest BCUT2D eigenvalue weighted by Crippen LogP contribution is -2.27. The average molecular weight is 583 g/mol. The van der Waals surface area contributed by atoms with Crippen molar-refractivity contribution in [1.29, 1.82) is 0 Å². The van der Waals surface area contributed by atoms with Crippen LogP contribution in [0.2, 0.25) is 0 Å². The number of carbonyl (C=O) groups is 3. The quantitative estimate of drug-likeness (QED) is 0.211. The standard InChI is InChI=1S/C31H35FN2O4S2/c1-6-38-30(37)26-24-15-12-20(31(3,4)5)16-25(24)40-29(26)34-27(35)18(2)39-23-9-7-8-22(17-23)33-28(36)19-10-13-21(32)14-11-19/h7-11,13-14,17-18,20H,6,12,15-16H2,1-5H3,(H,33,36)(H,34,35). The highest BCUT2D eigenvalue weighted by molar-refractivity contribution is 8.00. The van der Waals surface area contributed by atoms with E-state index in [2.05, 4.69) is 31.4 Å². The number of ether oxygens (including phenoxy) is 1. The summed E-state index contributed by atoms with van der Waals surface area (Å²) in [6.45, 7) is 10.6. The number of amides is 2. The molecule has 4 rings (SSSR count). The number of anilines is 2. The van der Waals surface area contributed by atoms with E-state index in [-0.39, 0.29) is 23.8 Å². The maximum atomic E-state index is 13.3. The van der Waals surface area contributed by atoms with Crippen LogP contribution in [0.1, 0.15) is 72.2 Å². The first-order chi connectivity index (χ1) is 19.0. The minimum absolute atomic E-state index is 0.160. The minimum atomic E-state index is -0.473. The predicted octanol–water partition coefficient (Wildman–Crippen LogP) is 7.59. The summed E-state index contributed by atoms with van der Waals surface area (Å²) in [5.41, 5.74) is 2.57. The second-order valence-electron chi connectivity index (χ2n) is 11.0. The normalized spacial score (nSPS) is 15.6. The summed E-state index contributed by atoms with van der Waals surface area (Å²) >= 11 is 2.83. The van der Waals surface area contributed by atoms with Crippen LogP contribution in [-0.4, -0.2) is 29.6 Å². The third-order valence-electron chi connectivity index (χ3n) is 7.09. The summed E-state index contributed by atoms with van der Waals surface area (Å²) in [6.07, 6.45) is 2.67. The number of thiophene rings is 1. The van der Waals surface area contributed by atoms with Crippen molar-refractivity contribution in [3.05, 3.63) is 75.9 Å². The number of carbonyl (C=O) groups excluding carboxylic acids is 3. The van der Waals surface area contributed by atoms with Crippen LogP contribution < -0.4 is 10.6 Å². The number of esters is 1. The molecule has 0 saturated carbocycles. The average Bonchev–Trinajstić information content (AvgIpc) is 3.26. The van der Waals surface area contributed by atoms with Gasteiger partial charge in [-0.05, 0) is 92.5 Å². The zero-order valence-electron chi connectivity index (χ0n) is 23.4. The number of rotatable bonds is 8. The van der Waals surface area contributed by atoms with E-state index < -0.39 is 17.0 Å². The van der Waals surface area contributed by atoms with Crippen molar-refractivity contribution in [2.24, 2.45) is 11.3 Å². The van der Waals surface area contributed by atoms with Crippen LogP contribution in [0.5, 0.6) is 0 Å². The zero-order valence-corrected chi connectivity index (χ0v) is 25.1. The number of hydrogen-bond donors (Lipinski definition) is 2. The number of benzene rings is 2. The summed E-state index contributed by atoms with van der Waals surface area (Å²) in [6, 6.07) is 12.5. The molecule has 1 aliphatic rings. The third-order valence-corrected chi connectivity index (χ3v) is 9.35. The number of hydrogen-bond acceptors (Lipinski definition) is 6. The highest BCUT2D eigenvalue weighted by Gasteiger charge is 2.34. The van der Waals surface area contributed by atoms with E-state index in [4.69, 9.17) is 4.74 Å². The maximum absolute atomic E-state index is 13.3. The van der Waals surface area contributed by atoms with Crippen molar-refractivity contribution in [1.82, 2.24) is 0 Å². The third kappa shape index (κ3) is 7.12. The van der Waals surface area contributed by atoms with Gasteiger partial charge in [-0.25, -0.2) is 9.18 Å². The molecule has 0 bridgehead atoms. The van der Waals surface area contributed by atoms with Crippen LogP contribution in [0, 0.1) is 17.2 Å². The molecule has 2 unspecified atom stereocenters. The monoisotopic (exact) mass is 582 g/mol. The van der Waals surface area contributed by atoms with Gasteiger partial charge in [-0.2, -0.15) is 0 Å². The Hall–Kier alpha value is -3.17. The van der Waals surface area contributed by atoms with E-state index in [1.54, 1.807) is 32.0 Å². The summed E-state index contributed by atoms with van der Waals surface area (Å²) < 4.78 is 18.5. The molecule has 2 N–H and O–H groups in total. The van der Waals surface area contributed by atoms with Gasteiger partial charge < -0.3 is 15.4 Å². The van der Waals surface area contributed by atoms with Crippen LogP contribution >= 0.6 is 23.1 Å². The van der Waals surface area contributed by atoms with Gasteiger partial charge in [0, 0.05) is 21.0 Å². The van der Waals surface area contributed by atoms with Crippen LogP contribution in [0.25, 0.3) is 0 Å². The van der Waals surface area contributed by atoms with Gasteiger partial charge in [0.25, 0.3) is 5.91 Å². The lowest BCUT2D eigenvalue weighted by atomic mass is 9.72. The zero-order chi connectivity index (χ0) is 29.0. The van der Waals surface area contributed by atoms with E-state index in [1.165, 1.54) is 47.4 Å². The van der Waals surface area contributed by atoms with Crippen LogP contribution in [-0.2, 0) is 22.4 Å². The molecule has 9 heteroatoms. The maximum Gasteiger partial charge on any atom is 0.341 e. The molecule has 40 heavy (non-hydrogen) atoms. The number of nitrogens with one attached hydrogen (secondary N) is 2. The fourth-order valence-electron chi connectivity index (χ4n) is 4.76. The van der Waals surface area contributed by atoms with E-state index in [1.807, 2.05) is 6.07 Å². The van der Waals surface area contributed by atoms with Crippen molar-refractivity contribution in [2.75, 3.05) is 17.2 Å². The molecule has 0 radical (unpaired) electrons. The Balaban J connectivity index is 1.46. The van der Waals surface area contributed by atoms with Gasteiger partial charge in [-0.15, -0.1) is 23.1 Å². The molecule has 6 nitrogen and oxygen atoms in total. The van der Waals surface area contributed by atoms with Gasteiger partial charge in [-0.3, -0.25) is 9.59 Å².